The van der Waals surface area contributed by atoms with Gasteiger partial charge in [-0.3, -0.25) is 23.4 Å². The van der Waals surface area contributed by atoms with E-state index in [1.54, 1.807) is 12.2 Å². The molecule has 53 heavy (non-hydrogen) atoms. The van der Waals surface area contributed by atoms with E-state index in [-0.39, 0.29) is 57.6 Å². The summed E-state index contributed by atoms with van der Waals surface area (Å²) in [6.07, 6.45) is 17.4. The van der Waals surface area contributed by atoms with Crippen molar-refractivity contribution in [2.24, 2.45) is 17.6 Å². The summed E-state index contributed by atoms with van der Waals surface area (Å²) in [5.74, 6) is -2.12. The molecule has 0 saturated heterocycles. The first-order chi connectivity index (χ1) is 25.4. The van der Waals surface area contributed by atoms with Crippen LogP contribution in [-0.2, 0) is 37.5 Å². The number of ketones is 1. The number of carbonyl (C=O) groups excluding carboxylic acids is 3. The van der Waals surface area contributed by atoms with Crippen molar-refractivity contribution < 1.29 is 57.7 Å². The summed E-state index contributed by atoms with van der Waals surface area (Å²) in [6, 6.07) is 0. The van der Waals surface area contributed by atoms with Gasteiger partial charge in [-0.25, -0.2) is 4.57 Å². The van der Waals surface area contributed by atoms with Gasteiger partial charge in [0.1, 0.15) is 12.4 Å². The zero-order valence-corrected chi connectivity index (χ0v) is 33.5. The van der Waals surface area contributed by atoms with E-state index in [0.29, 0.717) is 25.7 Å². The predicted molar refractivity (Wildman–Crippen MR) is 204 cm³/mol. The van der Waals surface area contributed by atoms with Crippen molar-refractivity contribution in [3.8, 4) is 0 Å². The lowest BCUT2D eigenvalue weighted by Crippen LogP contribution is -2.29. The Morgan fingerprint density at radius 2 is 1.34 bits per heavy atom. The summed E-state index contributed by atoms with van der Waals surface area (Å²) in [5, 5.41) is 31.2. The molecule has 1 aliphatic rings. The molecule has 1 fully saturated rings. The van der Waals surface area contributed by atoms with Gasteiger partial charge in [0, 0.05) is 50.5 Å². The highest BCUT2D eigenvalue weighted by Crippen LogP contribution is 2.43. The van der Waals surface area contributed by atoms with E-state index >= 15 is 0 Å². The molecule has 6 N–H and O–H groups in total. The lowest BCUT2D eigenvalue weighted by molar-refractivity contribution is -0.161. The average Bonchev–Trinajstić information content (AvgIpc) is 3.38. The number of ether oxygens (including phenoxy) is 2. The molecule has 0 radical (unpaired) electrons. The monoisotopic (exact) mass is 777 g/mol. The summed E-state index contributed by atoms with van der Waals surface area (Å²) < 4.78 is 32.6. The third kappa shape index (κ3) is 25.2. The van der Waals surface area contributed by atoms with Crippen LogP contribution in [0.5, 0.6) is 0 Å². The molecule has 1 unspecified atom stereocenters. The van der Waals surface area contributed by atoms with Gasteiger partial charge in [-0.05, 0) is 25.7 Å². The van der Waals surface area contributed by atoms with Crippen LogP contribution in [0.1, 0.15) is 155 Å². The molecular formula is C39H72NO12P. The maximum absolute atomic E-state index is 12.8. The number of unbranched alkanes of at least 4 members (excludes halogenated alkanes) is 13. The molecule has 7 atom stereocenters. The van der Waals surface area contributed by atoms with Crippen molar-refractivity contribution in [3.05, 3.63) is 12.2 Å². The number of nitrogens with two attached hydrogens (primary N) is 1. The number of hydrogen-bond acceptors (Lipinski definition) is 12. The molecular weight excluding hydrogens is 705 g/mol. The highest BCUT2D eigenvalue weighted by Gasteiger charge is 2.41. The molecule has 0 bridgehead atoms. The van der Waals surface area contributed by atoms with E-state index in [0.717, 1.165) is 38.5 Å². The largest absolute Gasteiger partial charge is 0.472 e. The fourth-order valence-electron chi connectivity index (χ4n) is 6.51. The second-order valence-electron chi connectivity index (χ2n) is 14.5. The van der Waals surface area contributed by atoms with E-state index in [1.165, 1.54) is 44.9 Å². The smallest absolute Gasteiger partial charge is 0.462 e. The first kappa shape index (κ1) is 49.3. The summed E-state index contributed by atoms with van der Waals surface area (Å²) in [7, 11) is -4.47. The SMILES string of the molecule is CCCCCCCCCCCCCC(=O)OC[C@H](COP(=O)(O)OCCN)OC(=O)CCCCC(=O)C[C@@H]1[C@@H](/C=C/[C@@H](O)CCCCC)[C@H](O)C[C@@H]1O. The molecule has 1 saturated carbocycles. The van der Waals surface area contributed by atoms with Crippen molar-refractivity contribution in [3.63, 3.8) is 0 Å². The normalized spacial score (nSPS) is 21.0. The quantitative estimate of drug-likeness (QED) is 0.0202. The van der Waals surface area contributed by atoms with Crippen LogP contribution < -0.4 is 5.73 Å². The number of esters is 2. The highest BCUT2D eigenvalue weighted by atomic mass is 31.2. The molecule has 310 valence electrons. The van der Waals surface area contributed by atoms with Crippen molar-refractivity contribution in [1.29, 1.82) is 0 Å². The van der Waals surface area contributed by atoms with Gasteiger partial charge in [0.25, 0.3) is 0 Å². The van der Waals surface area contributed by atoms with E-state index < -0.39 is 62.6 Å². The Morgan fingerprint density at radius 1 is 0.774 bits per heavy atom. The molecule has 0 heterocycles. The minimum atomic E-state index is -4.47. The molecule has 0 aliphatic heterocycles. The highest BCUT2D eigenvalue weighted by molar-refractivity contribution is 7.47. The maximum atomic E-state index is 12.8. The first-order valence-electron chi connectivity index (χ1n) is 20.3. The zero-order valence-electron chi connectivity index (χ0n) is 32.6. The first-order valence-corrected chi connectivity index (χ1v) is 21.8. The van der Waals surface area contributed by atoms with E-state index in [9.17, 15) is 39.2 Å². The molecule has 0 spiro atoms. The van der Waals surface area contributed by atoms with Crippen LogP contribution in [0.3, 0.4) is 0 Å². The number of hydrogen-bond donors (Lipinski definition) is 5. The lowest BCUT2D eigenvalue weighted by Gasteiger charge is -2.20. The van der Waals surface area contributed by atoms with Crippen LogP contribution >= 0.6 is 7.82 Å². The van der Waals surface area contributed by atoms with Crippen LogP contribution in [-0.4, -0.2) is 88.7 Å². The molecule has 0 amide bonds. The Bertz CT molecular complexity index is 1060. The van der Waals surface area contributed by atoms with Gasteiger partial charge >= 0.3 is 19.8 Å². The number of aliphatic hydroxyl groups is 3. The number of phosphoric acid groups is 1. The van der Waals surface area contributed by atoms with E-state index in [1.807, 2.05) is 0 Å². The van der Waals surface area contributed by atoms with E-state index in [2.05, 4.69) is 13.8 Å². The fourth-order valence-corrected chi connectivity index (χ4v) is 7.28. The number of aliphatic hydroxyl groups excluding tert-OH is 3. The number of rotatable bonds is 34. The third-order valence-corrected chi connectivity index (χ3v) is 10.6. The molecule has 0 aromatic carbocycles. The Morgan fingerprint density at radius 3 is 1.98 bits per heavy atom. The lowest BCUT2D eigenvalue weighted by atomic mass is 9.87. The second-order valence-corrected chi connectivity index (χ2v) is 15.9. The fraction of sp³-hybridized carbons (Fsp3) is 0.872. The Balaban J connectivity index is 2.49. The Hall–Kier alpha value is -1.70. The van der Waals surface area contributed by atoms with Gasteiger partial charge in [-0.1, -0.05) is 109 Å². The maximum Gasteiger partial charge on any atom is 0.472 e. The van der Waals surface area contributed by atoms with Gasteiger partial charge in [-0.15, -0.1) is 0 Å². The van der Waals surface area contributed by atoms with Crippen LogP contribution in [0, 0.1) is 11.8 Å². The number of Topliss-reactive ketones (excluding diaryl/α,β-unsaturated/α-hetero) is 1. The second kappa shape index (κ2) is 30.5. The molecule has 14 heteroatoms. The van der Waals surface area contributed by atoms with Crippen molar-refractivity contribution in [1.82, 2.24) is 0 Å². The standard InChI is InChI=1S/C39H72NO12P/c1-3-5-7-8-9-10-11-12-13-14-16-21-38(45)49-29-33(30-51-53(47,48)50-26-25-40)52-39(46)22-18-17-20-32(42)27-35-34(36(43)28-37(35)44)24-23-31(41)19-15-6-4-2/h23-24,31,33-37,41,43-44H,3-22,25-30,40H2,1-2H3,(H,47,48)/b24-23+/t31-,33+,34+,35+,36+,37-/m0/s1. The van der Waals surface area contributed by atoms with Gasteiger partial charge in [-0.2, -0.15) is 0 Å². The van der Waals surface area contributed by atoms with Gasteiger partial charge < -0.3 is 35.4 Å². The number of phosphoric ester groups is 1. The third-order valence-electron chi connectivity index (χ3n) is 9.63. The zero-order chi connectivity index (χ0) is 39.3. The van der Waals surface area contributed by atoms with Gasteiger partial charge in [0.05, 0.1) is 31.5 Å². The van der Waals surface area contributed by atoms with Crippen LogP contribution in [0.2, 0.25) is 0 Å². The molecule has 1 aliphatic carbocycles. The predicted octanol–water partition coefficient (Wildman–Crippen LogP) is 6.61. The molecule has 1 rings (SSSR count). The molecule has 0 aromatic heterocycles. The van der Waals surface area contributed by atoms with Crippen LogP contribution in [0.15, 0.2) is 12.2 Å². The van der Waals surface area contributed by atoms with Crippen LogP contribution in [0.25, 0.3) is 0 Å². The van der Waals surface area contributed by atoms with E-state index in [4.69, 9.17) is 24.3 Å². The van der Waals surface area contributed by atoms with Crippen molar-refractivity contribution >= 4 is 25.5 Å². The minimum Gasteiger partial charge on any atom is -0.462 e. The van der Waals surface area contributed by atoms with Gasteiger partial charge in [0.2, 0.25) is 0 Å². The summed E-state index contributed by atoms with van der Waals surface area (Å²) in [5.41, 5.74) is 5.32. The molecule has 0 aromatic rings. The van der Waals surface area contributed by atoms with Gasteiger partial charge in [0.15, 0.2) is 6.10 Å². The van der Waals surface area contributed by atoms with Crippen molar-refractivity contribution in [2.75, 3.05) is 26.4 Å². The molecule has 13 nitrogen and oxygen atoms in total. The Labute approximate surface area is 318 Å². The Kier molecular flexibility index (Phi) is 28.4. The van der Waals surface area contributed by atoms with Crippen LogP contribution in [0.4, 0.5) is 0 Å². The average molecular weight is 778 g/mol. The summed E-state index contributed by atoms with van der Waals surface area (Å²) >= 11 is 0. The summed E-state index contributed by atoms with van der Waals surface area (Å²) in [4.78, 5) is 47.7. The number of carbonyl (C=O) groups is 3. The minimum absolute atomic E-state index is 0.00433. The van der Waals surface area contributed by atoms with Crippen molar-refractivity contribution in [2.45, 2.75) is 180 Å². The topological polar surface area (TPSA) is 212 Å². The summed E-state index contributed by atoms with van der Waals surface area (Å²) in [6.45, 7) is 3.17.